The number of aryl methyl sites for hydroxylation is 2. The zero-order valence-corrected chi connectivity index (χ0v) is 21.2. The molecule has 174 valence electrons. The summed E-state index contributed by atoms with van der Waals surface area (Å²) in [5.74, 6) is 6.20. The second kappa shape index (κ2) is 10.9. The molecule has 0 N–H and O–H groups in total. The van der Waals surface area contributed by atoms with E-state index in [1.54, 1.807) is 44.1 Å². The van der Waals surface area contributed by atoms with Gasteiger partial charge >= 0.3 is 0 Å². The van der Waals surface area contributed by atoms with Crippen LogP contribution in [0.2, 0.25) is 0 Å². The lowest BCUT2D eigenvalue weighted by atomic mass is 9.70. The van der Waals surface area contributed by atoms with E-state index < -0.39 is 0 Å². The summed E-state index contributed by atoms with van der Waals surface area (Å²) < 4.78 is 0. The Balaban J connectivity index is 1.14. The lowest BCUT2D eigenvalue weighted by Crippen LogP contribution is -2.23. The molecule has 0 amide bonds. The maximum absolute atomic E-state index is 2.46. The van der Waals surface area contributed by atoms with Crippen LogP contribution in [0.25, 0.3) is 0 Å². The molecule has 0 atom stereocenters. The highest BCUT2D eigenvalue weighted by Gasteiger charge is 2.29. The van der Waals surface area contributed by atoms with Crippen molar-refractivity contribution < 1.29 is 0 Å². The molecule has 0 heterocycles. The monoisotopic (exact) mass is 422 g/mol. The second-order valence-electron chi connectivity index (χ2n) is 12.4. The molecule has 0 aliphatic heterocycles. The Morgan fingerprint density at radius 2 is 0.903 bits per heavy atom. The van der Waals surface area contributed by atoms with E-state index in [-0.39, 0.29) is 0 Å². The van der Waals surface area contributed by atoms with Crippen LogP contribution in [0.4, 0.5) is 0 Å². The van der Waals surface area contributed by atoms with Crippen LogP contribution in [-0.2, 0) is 6.42 Å². The SMILES string of the molecule is Cc1cc(CC2CCC(CC3CCC(CC4CCC(C)CC4)CC3)CC2)cc(C)c1C. The average molecular weight is 423 g/mol. The van der Waals surface area contributed by atoms with Gasteiger partial charge in [-0.05, 0) is 111 Å². The first-order chi connectivity index (χ1) is 15.0. The third-order valence-electron chi connectivity index (χ3n) is 9.91. The quantitative estimate of drug-likeness (QED) is 0.428. The van der Waals surface area contributed by atoms with Crippen molar-refractivity contribution >= 4 is 0 Å². The van der Waals surface area contributed by atoms with Crippen molar-refractivity contribution in [2.24, 2.45) is 35.5 Å². The number of benzene rings is 1. The molecule has 3 fully saturated rings. The van der Waals surface area contributed by atoms with E-state index in [1.807, 2.05) is 0 Å². The normalized spacial score (nSPS) is 34.6. The van der Waals surface area contributed by atoms with Crippen LogP contribution in [0.5, 0.6) is 0 Å². The highest BCUT2D eigenvalue weighted by Crippen LogP contribution is 2.42. The molecule has 0 unspecified atom stereocenters. The van der Waals surface area contributed by atoms with Crippen LogP contribution < -0.4 is 0 Å². The van der Waals surface area contributed by atoms with Gasteiger partial charge in [0.25, 0.3) is 0 Å². The molecule has 3 aliphatic carbocycles. The van der Waals surface area contributed by atoms with Crippen LogP contribution >= 0.6 is 0 Å². The molecular weight excluding hydrogens is 372 g/mol. The molecular formula is C31H50. The van der Waals surface area contributed by atoms with Crippen molar-refractivity contribution in [1.29, 1.82) is 0 Å². The Labute approximate surface area is 194 Å². The summed E-state index contributed by atoms with van der Waals surface area (Å²) in [4.78, 5) is 0. The average Bonchev–Trinajstić information content (AvgIpc) is 2.76. The lowest BCUT2D eigenvalue weighted by Gasteiger charge is -2.36. The highest BCUT2D eigenvalue weighted by atomic mass is 14.3. The van der Waals surface area contributed by atoms with Crippen LogP contribution in [0.1, 0.15) is 119 Å². The number of rotatable bonds is 6. The minimum absolute atomic E-state index is 0.937. The van der Waals surface area contributed by atoms with E-state index in [0.29, 0.717) is 0 Å². The van der Waals surface area contributed by atoms with Crippen molar-refractivity contribution in [1.82, 2.24) is 0 Å². The fourth-order valence-electron chi connectivity index (χ4n) is 7.46. The maximum Gasteiger partial charge on any atom is -0.0250 e. The van der Waals surface area contributed by atoms with Gasteiger partial charge in [0.2, 0.25) is 0 Å². The summed E-state index contributed by atoms with van der Waals surface area (Å²) in [6, 6.07) is 4.92. The third-order valence-corrected chi connectivity index (χ3v) is 9.91. The van der Waals surface area contributed by atoms with E-state index in [1.165, 1.54) is 74.5 Å². The Kier molecular flexibility index (Phi) is 8.22. The van der Waals surface area contributed by atoms with Crippen molar-refractivity contribution in [3.05, 3.63) is 34.4 Å². The largest absolute Gasteiger partial charge is 0.0625 e. The minimum Gasteiger partial charge on any atom is -0.0625 e. The van der Waals surface area contributed by atoms with Gasteiger partial charge in [0.1, 0.15) is 0 Å². The Morgan fingerprint density at radius 3 is 1.32 bits per heavy atom. The minimum atomic E-state index is 0.937. The van der Waals surface area contributed by atoms with Gasteiger partial charge in [0, 0.05) is 0 Å². The zero-order valence-electron chi connectivity index (χ0n) is 21.2. The van der Waals surface area contributed by atoms with Crippen LogP contribution in [-0.4, -0.2) is 0 Å². The lowest BCUT2D eigenvalue weighted by molar-refractivity contribution is 0.166. The smallest absolute Gasteiger partial charge is 0.0250 e. The first-order valence-electron chi connectivity index (χ1n) is 14.0. The van der Waals surface area contributed by atoms with Crippen LogP contribution in [0.3, 0.4) is 0 Å². The third kappa shape index (κ3) is 6.61. The van der Waals surface area contributed by atoms with Gasteiger partial charge in [-0.1, -0.05) is 83.3 Å². The molecule has 3 saturated carbocycles. The van der Waals surface area contributed by atoms with Crippen LogP contribution in [0.15, 0.2) is 12.1 Å². The Morgan fingerprint density at radius 1 is 0.548 bits per heavy atom. The van der Waals surface area contributed by atoms with Gasteiger partial charge in [0.05, 0.1) is 0 Å². The van der Waals surface area contributed by atoms with E-state index in [4.69, 9.17) is 0 Å². The fourth-order valence-corrected chi connectivity index (χ4v) is 7.46. The molecule has 3 aliphatic rings. The zero-order chi connectivity index (χ0) is 21.8. The summed E-state index contributed by atoms with van der Waals surface area (Å²) in [7, 11) is 0. The molecule has 0 nitrogen and oxygen atoms in total. The Bertz CT molecular complexity index is 653. The molecule has 31 heavy (non-hydrogen) atoms. The molecule has 4 rings (SSSR count). The maximum atomic E-state index is 2.46. The summed E-state index contributed by atoms with van der Waals surface area (Å²) in [5.41, 5.74) is 6.04. The predicted octanol–water partition coefficient (Wildman–Crippen LogP) is 9.37. The molecule has 0 heteroatoms. The molecule has 0 spiro atoms. The van der Waals surface area contributed by atoms with Crippen molar-refractivity contribution in [2.45, 2.75) is 124 Å². The van der Waals surface area contributed by atoms with Crippen LogP contribution in [0, 0.1) is 56.3 Å². The predicted molar refractivity (Wildman–Crippen MR) is 136 cm³/mol. The first kappa shape index (κ1) is 23.4. The number of hydrogen-bond donors (Lipinski definition) is 0. The van der Waals surface area contributed by atoms with E-state index in [0.717, 1.165) is 35.5 Å². The van der Waals surface area contributed by atoms with Crippen molar-refractivity contribution in [3.8, 4) is 0 Å². The molecule has 1 aromatic carbocycles. The molecule has 0 radical (unpaired) electrons. The highest BCUT2D eigenvalue weighted by molar-refractivity contribution is 5.37. The number of hydrogen-bond acceptors (Lipinski definition) is 0. The van der Waals surface area contributed by atoms with Gasteiger partial charge < -0.3 is 0 Å². The van der Waals surface area contributed by atoms with Gasteiger partial charge in [-0.25, -0.2) is 0 Å². The van der Waals surface area contributed by atoms with Gasteiger partial charge in [-0.15, -0.1) is 0 Å². The van der Waals surface area contributed by atoms with Gasteiger partial charge in [-0.2, -0.15) is 0 Å². The molecule has 1 aromatic rings. The standard InChI is InChI=1S/C31H50/c1-22-5-7-26(8-6-22)19-27-9-11-28(12-10-27)20-29-13-15-30(16-14-29)21-31-17-23(2)25(4)24(3)18-31/h17-18,22,26-30H,5-16,19-21H2,1-4H3. The second-order valence-corrected chi connectivity index (χ2v) is 12.4. The summed E-state index contributed by atoms with van der Waals surface area (Å²) >= 11 is 0. The van der Waals surface area contributed by atoms with Gasteiger partial charge in [0.15, 0.2) is 0 Å². The summed E-state index contributed by atoms with van der Waals surface area (Å²) in [6.07, 6.45) is 22.7. The first-order valence-corrected chi connectivity index (χ1v) is 14.0. The van der Waals surface area contributed by atoms with E-state index >= 15 is 0 Å². The summed E-state index contributed by atoms with van der Waals surface area (Å²) in [5, 5.41) is 0. The Hall–Kier alpha value is -0.780. The van der Waals surface area contributed by atoms with Crippen molar-refractivity contribution in [2.75, 3.05) is 0 Å². The topological polar surface area (TPSA) is 0 Å². The van der Waals surface area contributed by atoms with E-state index in [9.17, 15) is 0 Å². The van der Waals surface area contributed by atoms with Crippen molar-refractivity contribution in [3.63, 3.8) is 0 Å². The molecule has 0 bridgehead atoms. The van der Waals surface area contributed by atoms with Gasteiger partial charge in [-0.3, -0.25) is 0 Å². The molecule has 0 saturated heterocycles. The van der Waals surface area contributed by atoms with E-state index in [2.05, 4.69) is 39.8 Å². The fraction of sp³-hybridized carbons (Fsp3) is 0.806. The summed E-state index contributed by atoms with van der Waals surface area (Å²) in [6.45, 7) is 9.29. The molecule has 0 aromatic heterocycles.